The highest BCUT2D eigenvalue weighted by Gasteiger charge is 2.32. The van der Waals surface area contributed by atoms with Crippen LogP contribution in [0.15, 0.2) is 107 Å². The minimum absolute atomic E-state index is 0.0883. The summed E-state index contributed by atoms with van der Waals surface area (Å²) in [6.07, 6.45) is -2.39. The molecule has 0 bridgehead atoms. The second-order valence-electron chi connectivity index (χ2n) is 8.53. The van der Waals surface area contributed by atoms with E-state index >= 15 is 0 Å². The van der Waals surface area contributed by atoms with Gasteiger partial charge in [0.25, 0.3) is 0 Å². The van der Waals surface area contributed by atoms with Crippen LogP contribution in [0.25, 0.3) is 0 Å². The van der Waals surface area contributed by atoms with Crippen LogP contribution in [0, 0.1) is 0 Å². The Bertz CT molecular complexity index is 1470. The van der Waals surface area contributed by atoms with Crippen LogP contribution >= 0.6 is 0 Å². The average Bonchev–Trinajstić information content (AvgIpc) is 3.40. The van der Waals surface area contributed by atoms with Gasteiger partial charge in [-0.2, -0.15) is 21.6 Å². The molecular weight excluding hydrogens is 519 g/mol. The van der Waals surface area contributed by atoms with Crippen LogP contribution in [-0.2, 0) is 40.6 Å². The first kappa shape index (κ1) is 27.0. The smallest absolute Gasteiger partial charge is 0.416 e. The van der Waals surface area contributed by atoms with Gasteiger partial charge in [-0.3, -0.25) is 4.79 Å². The number of halogens is 3. The number of nitrogens with zero attached hydrogens (tertiary/aromatic N) is 1. The van der Waals surface area contributed by atoms with Crippen molar-refractivity contribution in [3.63, 3.8) is 0 Å². The van der Waals surface area contributed by atoms with E-state index < -0.39 is 26.8 Å². The third kappa shape index (κ3) is 7.25. The molecule has 0 N–H and O–H groups in total. The fourth-order valence-corrected chi connectivity index (χ4v) is 4.77. The number of amides is 1. The van der Waals surface area contributed by atoms with Crippen LogP contribution in [0.3, 0.4) is 0 Å². The van der Waals surface area contributed by atoms with E-state index in [1.165, 1.54) is 18.4 Å². The first-order valence-electron chi connectivity index (χ1n) is 11.6. The molecule has 1 amide bonds. The molecule has 1 aromatic heterocycles. The molecule has 0 fully saturated rings. The first-order valence-corrected chi connectivity index (χ1v) is 13.1. The molecular formula is C28H24F3NO5S. The van der Waals surface area contributed by atoms with Crippen LogP contribution in [0.1, 0.15) is 28.9 Å². The third-order valence-corrected chi connectivity index (χ3v) is 6.92. The van der Waals surface area contributed by atoms with Crippen molar-refractivity contribution >= 4 is 16.0 Å². The molecule has 1 heterocycles. The molecule has 3 aromatic carbocycles. The van der Waals surface area contributed by atoms with Crippen molar-refractivity contribution in [2.75, 3.05) is 0 Å². The summed E-state index contributed by atoms with van der Waals surface area (Å²) in [5.41, 5.74) is 0.494. The van der Waals surface area contributed by atoms with Crippen molar-refractivity contribution in [2.24, 2.45) is 0 Å². The minimum atomic E-state index is -4.70. The molecule has 0 aliphatic rings. The van der Waals surface area contributed by atoms with Crippen molar-refractivity contribution < 1.29 is 35.0 Å². The summed E-state index contributed by atoms with van der Waals surface area (Å²) in [7, 11) is -4.53. The van der Waals surface area contributed by atoms with Crippen molar-refractivity contribution in [1.82, 2.24) is 4.90 Å². The molecule has 0 aliphatic heterocycles. The molecule has 4 rings (SSSR count). The molecule has 0 saturated carbocycles. The summed E-state index contributed by atoms with van der Waals surface area (Å²) in [6, 6.07) is 22.4. The molecule has 4 aromatic rings. The Morgan fingerprint density at radius 3 is 2.29 bits per heavy atom. The summed E-state index contributed by atoms with van der Waals surface area (Å²) in [4.78, 5) is 14.1. The van der Waals surface area contributed by atoms with Gasteiger partial charge in [0.05, 0.1) is 18.4 Å². The van der Waals surface area contributed by atoms with E-state index in [1.807, 2.05) is 30.3 Å². The van der Waals surface area contributed by atoms with Crippen molar-refractivity contribution in [3.8, 4) is 5.75 Å². The SMILES string of the molecule is O=C(CCc1ccccc1)N(Cc1cccc(OS(=O)(=O)c2cccc(C(F)(F)F)c2)c1)Cc1ccco1. The number of furan rings is 1. The van der Waals surface area contributed by atoms with E-state index in [0.29, 0.717) is 23.8 Å². The Morgan fingerprint density at radius 2 is 1.58 bits per heavy atom. The summed E-state index contributed by atoms with van der Waals surface area (Å²) in [5.74, 6) is 0.361. The second kappa shape index (κ2) is 11.6. The number of alkyl halides is 3. The fraction of sp³-hybridized carbons (Fsp3) is 0.179. The monoisotopic (exact) mass is 543 g/mol. The predicted molar refractivity (Wildman–Crippen MR) is 133 cm³/mol. The maximum atomic E-state index is 13.1. The minimum Gasteiger partial charge on any atom is -0.467 e. The predicted octanol–water partition coefficient (Wildman–Crippen LogP) is 6.23. The molecule has 6 nitrogen and oxygen atoms in total. The number of carbonyl (C=O) groups is 1. The van der Waals surface area contributed by atoms with Crippen LogP contribution in [0.5, 0.6) is 5.75 Å². The molecule has 198 valence electrons. The van der Waals surface area contributed by atoms with Crippen molar-refractivity contribution in [2.45, 2.75) is 37.0 Å². The van der Waals surface area contributed by atoms with Crippen LogP contribution in [0.2, 0.25) is 0 Å². The lowest BCUT2D eigenvalue weighted by Gasteiger charge is -2.22. The second-order valence-corrected chi connectivity index (χ2v) is 10.1. The highest BCUT2D eigenvalue weighted by Crippen LogP contribution is 2.31. The van der Waals surface area contributed by atoms with Crippen LogP contribution < -0.4 is 4.18 Å². The summed E-state index contributed by atoms with van der Waals surface area (Å²) < 4.78 is 75.0. The summed E-state index contributed by atoms with van der Waals surface area (Å²) in [6.45, 7) is 0.337. The zero-order chi connectivity index (χ0) is 27.2. The van der Waals surface area contributed by atoms with E-state index in [-0.39, 0.29) is 31.2 Å². The van der Waals surface area contributed by atoms with Gasteiger partial charge >= 0.3 is 16.3 Å². The highest BCUT2D eigenvalue weighted by molar-refractivity contribution is 7.87. The number of aryl methyl sites for hydroxylation is 1. The molecule has 10 heteroatoms. The zero-order valence-electron chi connectivity index (χ0n) is 20.1. The summed E-state index contributed by atoms with van der Waals surface area (Å²) in [5, 5.41) is 0. The van der Waals surface area contributed by atoms with Gasteiger partial charge in [-0.25, -0.2) is 0 Å². The number of rotatable bonds is 10. The maximum absolute atomic E-state index is 13.1. The van der Waals surface area contributed by atoms with E-state index in [9.17, 15) is 26.4 Å². The topological polar surface area (TPSA) is 76.8 Å². The lowest BCUT2D eigenvalue weighted by atomic mass is 10.1. The van der Waals surface area contributed by atoms with Crippen LogP contribution in [0.4, 0.5) is 13.2 Å². The molecule has 0 atom stereocenters. The highest BCUT2D eigenvalue weighted by atomic mass is 32.2. The van der Waals surface area contributed by atoms with Gasteiger partial charge in [-0.05, 0) is 60.0 Å². The molecule has 0 spiro atoms. The third-order valence-electron chi connectivity index (χ3n) is 5.68. The maximum Gasteiger partial charge on any atom is 0.416 e. The molecule has 0 saturated heterocycles. The van der Waals surface area contributed by atoms with Crippen LogP contribution in [-0.4, -0.2) is 19.2 Å². The quantitative estimate of drug-likeness (QED) is 0.222. The normalized spacial score (nSPS) is 11.8. The molecule has 38 heavy (non-hydrogen) atoms. The average molecular weight is 544 g/mol. The van der Waals surface area contributed by atoms with E-state index in [0.717, 1.165) is 23.8 Å². The number of hydrogen-bond donors (Lipinski definition) is 0. The zero-order valence-corrected chi connectivity index (χ0v) is 20.9. The Morgan fingerprint density at radius 1 is 0.842 bits per heavy atom. The van der Waals surface area contributed by atoms with Gasteiger partial charge < -0.3 is 13.5 Å². The molecule has 0 radical (unpaired) electrons. The number of benzene rings is 3. The lowest BCUT2D eigenvalue weighted by molar-refractivity contribution is -0.137. The van der Waals surface area contributed by atoms with Gasteiger partial charge in [-0.1, -0.05) is 48.5 Å². The Labute approximate surface area is 218 Å². The molecule has 0 aliphatic carbocycles. The van der Waals surface area contributed by atoms with Gasteiger partial charge in [0.15, 0.2) is 0 Å². The van der Waals surface area contributed by atoms with E-state index in [2.05, 4.69) is 0 Å². The molecule has 0 unspecified atom stereocenters. The van der Waals surface area contributed by atoms with E-state index in [4.69, 9.17) is 8.60 Å². The van der Waals surface area contributed by atoms with Gasteiger partial charge in [0.1, 0.15) is 16.4 Å². The standard InChI is InChI=1S/C28H24F3NO5S/c29-28(30,31)23-10-5-13-26(18-23)38(34,35)37-24-11-4-9-22(17-24)19-32(20-25-12-6-16-36-25)27(33)15-14-21-7-2-1-3-8-21/h1-13,16-18H,14-15,19-20H2. The largest absolute Gasteiger partial charge is 0.467 e. The van der Waals surface area contributed by atoms with Crippen molar-refractivity contribution in [1.29, 1.82) is 0 Å². The number of hydrogen-bond acceptors (Lipinski definition) is 5. The van der Waals surface area contributed by atoms with E-state index in [1.54, 1.807) is 29.2 Å². The number of carbonyl (C=O) groups excluding carboxylic acids is 1. The Kier molecular flexibility index (Phi) is 8.21. The first-order chi connectivity index (χ1) is 18.1. The van der Waals surface area contributed by atoms with Crippen molar-refractivity contribution in [3.05, 3.63) is 120 Å². The lowest BCUT2D eigenvalue weighted by Crippen LogP contribution is -2.30. The Balaban J connectivity index is 1.50. The van der Waals surface area contributed by atoms with Gasteiger partial charge in [0.2, 0.25) is 5.91 Å². The Hall–Kier alpha value is -4.05. The fourth-order valence-electron chi connectivity index (χ4n) is 3.80. The van der Waals surface area contributed by atoms with Gasteiger partial charge in [0, 0.05) is 13.0 Å². The summed E-state index contributed by atoms with van der Waals surface area (Å²) >= 11 is 0. The van der Waals surface area contributed by atoms with Gasteiger partial charge in [-0.15, -0.1) is 0 Å².